The van der Waals surface area contributed by atoms with Crippen molar-refractivity contribution < 1.29 is 9.53 Å². The fourth-order valence-corrected chi connectivity index (χ4v) is 4.30. The van der Waals surface area contributed by atoms with E-state index in [0.29, 0.717) is 37.7 Å². The van der Waals surface area contributed by atoms with E-state index in [4.69, 9.17) is 4.74 Å². The highest BCUT2D eigenvalue weighted by Crippen LogP contribution is 2.36. The molecular formula is C26H26N6O2. The van der Waals surface area contributed by atoms with E-state index in [-0.39, 0.29) is 5.91 Å². The summed E-state index contributed by atoms with van der Waals surface area (Å²) < 4.78 is 7.39. The van der Waals surface area contributed by atoms with Gasteiger partial charge in [-0.3, -0.25) is 9.36 Å². The third-order valence-corrected chi connectivity index (χ3v) is 6.12. The maximum atomic E-state index is 13.4. The number of nitrogens with zero attached hydrogens (tertiary/aromatic N) is 4. The number of anilines is 3. The van der Waals surface area contributed by atoms with E-state index in [0.717, 1.165) is 22.8 Å². The monoisotopic (exact) mass is 454 g/mol. The van der Waals surface area contributed by atoms with Crippen molar-refractivity contribution in [1.82, 2.24) is 19.5 Å². The van der Waals surface area contributed by atoms with Gasteiger partial charge in [0.25, 0.3) is 0 Å². The molecule has 1 saturated heterocycles. The first kappa shape index (κ1) is 21.8. The van der Waals surface area contributed by atoms with Gasteiger partial charge in [0, 0.05) is 43.0 Å². The third kappa shape index (κ3) is 4.53. The van der Waals surface area contributed by atoms with E-state index in [2.05, 4.69) is 25.6 Å². The first-order valence-electron chi connectivity index (χ1n) is 11.3. The van der Waals surface area contributed by atoms with E-state index >= 15 is 0 Å². The molecule has 8 nitrogen and oxygen atoms in total. The van der Waals surface area contributed by atoms with Gasteiger partial charge in [-0.15, -0.1) is 0 Å². The van der Waals surface area contributed by atoms with Gasteiger partial charge >= 0.3 is 0 Å². The minimum absolute atomic E-state index is 0.000826. The zero-order chi connectivity index (χ0) is 23.4. The van der Waals surface area contributed by atoms with Crippen LogP contribution in [-0.4, -0.2) is 38.6 Å². The Labute approximate surface area is 198 Å². The van der Waals surface area contributed by atoms with Gasteiger partial charge in [0.15, 0.2) is 0 Å². The number of benzene rings is 2. The van der Waals surface area contributed by atoms with Crippen LogP contribution in [0.25, 0.3) is 5.82 Å². The fourth-order valence-electron chi connectivity index (χ4n) is 4.30. The fraction of sp³-hybridized carbons (Fsp3) is 0.231. The van der Waals surface area contributed by atoms with Gasteiger partial charge in [-0.05, 0) is 49.6 Å². The van der Waals surface area contributed by atoms with Crippen molar-refractivity contribution in [2.24, 2.45) is 0 Å². The van der Waals surface area contributed by atoms with Crippen molar-refractivity contribution >= 4 is 23.1 Å². The molecular weight excluding hydrogens is 428 g/mol. The number of carbonyl (C=O) groups excluding carboxylic acids is 1. The quantitative estimate of drug-likeness (QED) is 0.448. The standard InChI is InChI=1S/C26H26N6O2/c1-19-28-23(17-24(29-19)32-14-13-27-18-32)30-21-7-9-22(10-8-21)31-25(33)26(11-15-34-16-12-26)20-5-3-2-4-6-20/h2-10,13-14,17-18H,11-12,15-16H2,1H3,(H,31,33)(H,28,29,30). The second kappa shape index (κ2) is 9.44. The molecule has 0 atom stereocenters. The number of nitrogens with one attached hydrogen (secondary N) is 2. The van der Waals surface area contributed by atoms with Gasteiger partial charge in [0.1, 0.15) is 23.8 Å². The smallest absolute Gasteiger partial charge is 0.235 e. The van der Waals surface area contributed by atoms with Gasteiger partial charge in [-0.1, -0.05) is 30.3 Å². The Bertz CT molecular complexity index is 1250. The summed E-state index contributed by atoms with van der Waals surface area (Å²) in [7, 11) is 0. The first-order valence-corrected chi connectivity index (χ1v) is 11.3. The van der Waals surface area contributed by atoms with Gasteiger partial charge in [-0.2, -0.15) is 0 Å². The van der Waals surface area contributed by atoms with Crippen LogP contribution in [0.4, 0.5) is 17.2 Å². The molecule has 0 radical (unpaired) electrons. The largest absolute Gasteiger partial charge is 0.381 e. The Morgan fingerprint density at radius 3 is 2.44 bits per heavy atom. The molecule has 0 spiro atoms. The minimum atomic E-state index is -0.585. The van der Waals surface area contributed by atoms with Crippen LogP contribution in [0.5, 0.6) is 0 Å². The highest BCUT2D eigenvalue weighted by Gasteiger charge is 2.41. The van der Waals surface area contributed by atoms with Crippen LogP contribution in [0.1, 0.15) is 24.2 Å². The van der Waals surface area contributed by atoms with Crippen LogP contribution in [0.3, 0.4) is 0 Å². The number of rotatable bonds is 6. The lowest BCUT2D eigenvalue weighted by atomic mass is 9.73. The van der Waals surface area contributed by atoms with E-state index in [1.807, 2.05) is 78.4 Å². The molecule has 34 heavy (non-hydrogen) atoms. The number of amides is 1. The first-order chi connectivity index (χ1) is 16.6. The van der Waals surface area contributed by atoms with Crippen molar-refractivity contribution in [3.05, 3.63) is 90.8 Å². The van der Waals surface area contributed by atoms with Crippen molar-refractivity contribution in [2.75, 3.05) is 23.8 Å². The number of hydrogen-bond donors (Lipinski definition) is 2. The summed E-state index contributed by atoms with van der Waals surface area (Å²) >= 11 is 0. The predicted octanol–water partition coefficient (Wildman–Crippen LogP) is 4.40. The average molecular weight is 455 g/mol. The Hall–Kier alpha value is -4.04. The molecule has 0 aliphatic carbocycles. The SMILES string of the molecule is Cc1nc(Nc2ccc(NC(=O)C3(c4ccccc4)CCOCC3)cc2)cc(-n2ccnc2)n1. The number of aromatic nitrogens is 4. The number of hydrogen-bond acceptors (Lipinski definition) is 6. The van der Waals surface area contributed by atoms with Crippen LogP contribution in [0, 0.1) is 6.92 Å². The van der Waals surface area contributed by atoms with Crippen LogP contribution in [0.2, 0.25) is 0 Å². The Kier molecular flexibility index (Phi) is 6.05. The Morgan fingerprint density at radius 1 is 1.00 bits per heavy atom. The molecule has 0 saturated carbocycles. The molecule has 0 bridgehead atoms. The minimum Gasteiger partial charge on any atom is -0.381 e. The summed E-state index contributed by atoms with van der Waals surface area (Å²) in [5.74, 6) is 2.07. The summed E-state index contributed by atoms with van der Waals surface area (Å²) in [6, 6.07) is 19.5. The summed E-state index contributed by atoms with van der Waals surface area (Å²) in [6.45, 7) is 3.00. The second-order valence-electron chi connectivity index (χ2n) is 8.35. The van der Waals surface area contributed by atoms with Crippen molar-refractivity contribution in [2.45, 2.75) is 25.2 Å². The molecule has 0 unspecified atom stereocenters. The van der Waals surface area contributed by atoms with E-state index in [1.165, 1.54) is 0 Å². The maximum absolute atomic E-state index is 13.4. The zero-order valence-corrected chi connectivity index (χ0v) is 18.9. The van der Waals surface area contributed by atoms with Gasteiger partial charge in [-0.25, -0.2) is 15.0 Å². The molecule has 1 aliphatic heterocycles. The van der Waals surface area contributed by atoms with Crippen LogP contribution in [-0.2, 0) is 14.9 Å². The topological polar surface area (TPSA) is 94.0 Å². The van der Waals surface area contributed by atoms with Gasteiger partial charge in [0.2, 0.25) is 5.91 Å². The summed E-state index contributed by atoms with van der Waals surface area (Å²) in [4.78, 5) is 26.5. The number of imidazole rings is 1. The molecule has 1 amide bonds. The summed E-state index contributed by atoms with van der Waals surface area (Å²) in [5.41, 5.74) is 2.05. The average Bonchev–Trinajstić information content (AvgIpc) is 3.41. The Morgan fingerprint density at radius 2 is 1.74 bits per heavy atom. The molecule has 1 aliphatic rings. The van der Waals surface area contributed by atoms with Gasteiger partial charge in [0.05, 0.1) is 5.41 Å². The molecule has 172 valence electrons. The second-order valence-corrected chi connectivity index (χ2v) is 8.35. The number of aryl methyl sites for hydroxylation is 1. The van der Waals surface area contributed by atoms with Crippen LogP contribution < -0.4 is 10.6 Å². The highest BCUT2D eigenvalue weighted by molar-refractivity contribution is 5.99. The van der Waals surface area contributed by atoms with Crippen molar-refractivity contribution in [3.8, 4) is 5.82 Å². The van der Waals surface area contributed by atoms with E-state index in [1.54, 1.807) is 12.5 Å². The third-order valence-electron chi connectivity index (χ3n) is 6.12. The molecule has 5 rings (SSSR count). The van der Waals surface area contributed by atoms with Crippen molar-refractivity contribution in [1.29, 1.82) is 0 Å². The van der Waals surface area contributed by atoms with Crippen LogP contribution >= 0.6 is 0 Å². The summed E-state index contributed by atoms with van der Waals surface area (Å²) in [6.07, 6.45) is 6.57. The molecule has 4 aromatic rings. The molecule has 8 heteroatoms. The molecule has 2 aromatic carbocycles. The normalized spacial score (nSPS) is 15.0. The van der Waals surface area contributed by atoms with Crippen molar-refractivity contribution in [3.63, 3.8) is 0 Å². The summed E-state index contributed by atoms with van der Waals surface area (Å²) in [5, 5.41) is 6.43. The predicted molar refractivity (Wildman–Crippen MR) is 130 cm³/mol. The lowest BCUT2D eigenvalue weighted by Crippen LogP contribution is -2.44. The highest BCUT2D eigenvalue weighted by atomic mass is 16.5. The van der Waals surface area contributed by atoms with Crippen LogP contribution in [0.15, 0.2) is 79.4 Å². The molecule has 2 N–H and O–H groups in total. The zero-order valence-electron chi connectivity index (χ0n) is 18.9. The lowest BCUT2D eigenvalue weighted by molar-refractivity contribution is -0.125. The Balaban J connectivity index is 1.31. The maximum Gasteiger partial charge on any atom is 0.235 e. The molecule has 1 fully saturated rings. The number of carbonyl (C=O) groups is 1. The van der Waals surface area contributed by atoms with Gasteiger partial charge < -0.3 is 15.4 Å². The molecule has 3 heterocycles. The molecule has 2 aromatic heterocycles. The van der Waals surface area contributed by atoms with E-state index < -0.39 is 5.41 Å². The number of ether oxygens (including phenoxy) is 1. The van der Waals surface area contributed by atoms with E-state index in [9.17, 15) is 4.79 Å². The lowest BCUT2D eigenvalue weighted by Gasteiger charge is -2.36.